The van der Waals surface area contributed by atoms with Crippen molar-refractivity contribution >= 4 is 47.2 Å². The lowest BCUT2D eigenvalue weighted by molar-refractivity contribution is 0.0531. The number of rotatable bonds is 7. The van der Waals surface area contributed by atoms with E-state index in [1.54, 1.807) is 13.8 Å². The summed E-state index contributed by atoms with van der Waals surface area (Å²) < 4.78 is 33.1. The third kappa shape index (κ3) is 6.12. The molecule has 1 aromatic carbocycles. The smallest absolute Gasteiger partial charge is 0.350 e. The molecule has 0 radical (unpaired) electrons. The maximum absolute atomic E-state index is 14.0. The lowest BCUT2D eigenvalue weighted by Gasteiger charge is -2.17. The summed E-state index contributed by atoms with van der Waals surface area (Å²) in [7, 11) is 0. The second kappa shape index (κ2) is 11.2. The van der Waals surface area contributed by atoms with E-state index in [9.17, 15) is 13.6 Å². The monoisotopic (exact) mass is 564 g/mol. The summed E-state index contributed by atoms with van der Waals surface area (Å²) in [5.41, 5.74) is 0.745. The van der Waals surface area contributed by atoms with Gasteiger partial charge in [-0.2, -0.15) is 0 Å². The van der Waals surface area contributed by atoms with Crippen LogP contribution in [0.1, 0.15) is 65.1 Å². The Kier molecular flexibility index (Phi) is 9.16. The Bertz CT molecular complexity index is 933. The minimum atomic E-state index is -0.524. The number of nitrogens with zero attached hydrogens (tertiary/aromatic N) is 2. The molecular weight excluding hydrogens is 537 g/mol. The van der Waals surface area contributed by atoms with E-state index in [4.69, 9.17) is 4.74 Å². The number of halogens is 3. The molecule has 0 amide bonds. The summed E-state index contributed by atoms with van der Waals surface area (Å²) in [5.74, 6) is -1.12. The van der Waals surface area contributed by atoms with Gasteiger partial charge in [-0.3, -0.25) is 4.99 Å². The number of aryl methyl sites for hydroxylation is 1. The van der Waals surface area contributed by atoms with Gasteiger partial charge in [-0.15, -0.1) is 35.3 Å². The van der Waals surface area contributed by atoms with Gasteiger partial charge in [0.15, 0.2) is 5.96 Å². The molecule has 0 bridgehead atoms. The molecule has 2 aromatic rings. The molecule has 1 heterocycles. The molecule has 6 nitrogen and oxygen atoms in total. The minimum Gasteiger partial charge on any atom is -0.462 e. The molecule has 1 fully saturated rings. The zero-order valence-corrected chi connectivity index (χ0v) is 21.0. The van der Waals surface area contributed by atoms with E-state index >= 15 is 0 Å². The first-order valence-electron chi connectivity index (χ1n) is 10.0. The number of carbonyl (C=O) groups excluding carboxylic acids is 1. The number of guanidine groups is 1. The SMILES string of the molecule is CCN=C(NC(C)c1nc(C)c(C(=O)OCC)s1)NC1CC1c1c(F)cccc1F.I. The Hall–Kier alpha value is -1.82. The van der Waals surface area contributed by atoms with Crippen molar-refractivity contribution in [3.63, 3.8) is 0 Å². The average molecular weight is 564 g/mol. The minimum absolute atomic E-state index is 0. The van der Waals surface area contributed by atoms with Crippen LogP contribution < -0.4 is 10.6 Å². The molecule has 1 aliphatic rings. The van der Waals surface area contributed by atoms with Gasteiger partial charge >= 0.3 is 5.97 Å². The van der Waals surface area contributed by atoms with Crippen LogP contribution >= 0.6 is 35.3 Å². The van der Waals surface area contributed by atoms with E-state index in [2.05, 4.69) is 20.6 Å². The van der Waals surface area contributed by atoms with Crippen LogP contribution in [-0.2, 0) is 4.74 Å². The second-order valence-corrected chi connectivity index (χ2v) is 8.14. The highest BCUT2D eigenvalue weighted by molar-refractivity contribution is 14.0. The highest BCUT2D eigenvalue weighted by atomic mass is 127. The first-order chi connectivity index (χ1) is 14.3. The number of esters is 1. The van der Waals surface area contributed by atoms with Crippen LogP contribution in [0.25, 0.3) is 0 Å². The Balaban J connectivity index is 0.00000341. The molecular formula is C21H27F2IN4O2S. The van der Waals surface area contributed by atoms with E-state index in [0.717, 1.165) is 5.01 Å². The summed E-state index contributed by atoms with van der Waals surface area (Å²) in [6.07, 6.45) is 0.625. The largest absolute Gasteiger partial charge is 0.462 e. The van der Waals surface area contributed by atoms with Crippen LogP contribution in [-0.4, -0.2) is 36.1 Å². The number of aliphatic imine (C=N–C) groups is 1. The van der Waals surface area contributed by atoms with E-state index in [1.165, 1.54) is 29.5 Å². The molecule has 3 rings (SSSR count). The van der Waals surface area contributed by atoms with Gasteiger partial charge in [0.1, 0.15) is 21.5 Å². The van der Waals surface area contributed by atoms with Crippen LogP contribution in [0.3, 0.4) is 0 Å². The van der Waals surface area contributed by atoms with Crippen molar-refractivity contribution in [2.75, 3.05) is 13.2 Å². The van der Waals surface area contributed by atoms with Gasteiger partial charge < -0.3 is 15.4 Å². The summed E-state index contributed by atoms with van der Waals surface area (Å²) >= 11 is 1.28. The standard InChI is InChI=1S/C21H26F2N4O2S.HI/c1-5-24-21(27-16-10-13(16)17-14(22)8-7-9-15(17)23)26-12(4)19-25-11(3)18(30-19)20(28)29-6-2;/h7-9,12-13,16H,5-6,10H2,1-4H3,(H2,24,26,27);1H. The molecule has 1 aliphatic carbocycles. The van der Waals surface area contributed by atoms with Crippen LogP contribution in [0.2, 0.25) is 0 Å². The van der Waals surface area contributed by atoms with Crippen molar-refractivity contribution in [3.8, 4) is 0 Å². The molecule has 3 atom stereocenters. The number of thiazole rings is 1. The van der Waals surface area contributed by atoms with E-state index in [0.29, 0.717) is 36.1 Å². The first kappa shape index (κ1) is 25.4. The quantitative estimate of drug-likeness (QED) is 0.221. The molecule has 0 saturated heterocycles. The van der Waals surface area contributed by atoms with Crippen molar-refractivity contribution in [3.05, 3.63) is 51.0 Å². The van der Waals surface area contributed by atoms with Crippen molar-refractivity contribution in [2.24, 2.45) is 4.99 Å². The van der Waals surface area contributed by atoms with Crippen LogP contribution in [0.5, 0.6) is 0 Å². The predicted molar refractivity (Wildman–Crippen MR) is 128 cm³/mol. The number of hydrogen-bond donors (Lipinski definition) is 2. The number of benzene rings is 1. The normalized spacial score (nSPS) is 18.7. The predicted octanol–water partition coefficient (Wildman–Crippen LogP) is 4.70. The molecule has 0 spiro atoms. The fourth-order valence-electron chi connectivity index (χ4n) is 3.26. The van der Waals surface area contributed by atoms with Crippen molar-refractivity contribution in [1.29, 1.82) is 0 Å². The Morgan fingerprint density at radius 3 is 2.65 bits per heavy atom. The van der Waals surface area contributed by atoms with E-state index in [-0.39, 0.29) is 53.5 Å². The molecule has 3 unspecified atom stereocenters. The van der Waals surface area contributed by atoms with Gasteiger partial charge in [0, 0.05) is 24.1 Å². The van der Waals surface area contributed by atoms with Crippen molar-refractivity contribution in [1.82, 2.24) is 15.6 Å². The number of nitrogens with one attached hydrogen (secondary N) is 2. The molecule has 1 saturated carbocycles. The number of hydrogen-bond acceptors (Lipinski definition) is 5. The zero-order chi connectivity index (χ0) is 21.8. The van der Waals surface area contributed by atoms with E-state index < -0.39 is 11.6 Å². The highest BCUT2D eigenvalue weighted by Gasteiger charge is 2.42. The summed E-state index contributed by atoms with van der Waals surface area (Å²) in [5, 5.41) is 7.25. The number of ether oxygens (including phenoxy) is 1. The van der Waals surface area contributed by atoms with Crippen LogP contribution in [0.15, 0.2) is 23.2 Å². The van der Waals surface area contributed by atoms with Gasteiger partial charge in [-0.05, 0) is 46.2 Å². The third-order valence-corrected chi connectivity index (χ3v) is 6.12. The van der Waals surface area contributed by atoms with Gasteiger partial charge in [0.2, 0.25) is 0 Å². The second-order valence-electron chi connectivity index (χ2n) is 7.10. The summed E-state index contributed by atoms with van der Waals surface area (Å²) in [6, 6.07) is 3.61. The summed E-state index contributed by atoms with van der Waals surface area (Å²) in [6.45, 7) is 8.20. The molecule has 1 aromatic heterocycles. The van der Waals surface area contributed by atoms with Gasteiger partial charge in [0.25, 0.3) is 0 Å². The average Bonchev–Trinajstić information content (AvgIpc) is 3.30. The molecule has 170 valence electrons. The lowest BCUT2D eigenvalue weighted by atomic mass is 10.1. The maximum atomic E-state index is 14.0. The zero-order valence-electron chi connectivity index (χ0n) is 17.9. The first-order valence-corrected chi connectivity index (χ1v) is 10.8. The van der Waals surface area contributed by atoms with E-state index in [1.807, 2.05) is 13.8 Å². The summed E-state index contributed by atoms with van der Waals surface area (Å²) in [4.78, 5) is 21.4. The van der Waals surface area contributed by atoms with Crippen molar-refractivity contribution in [2.45, 2.75) is 52.1 Å². The fourth-order valence-corrected chi connectivity index (χ4v) is 4.22. The van der Waals surface area contributed by atoms with Gasteiger partial charge in [0.05, 0.1) is 18.3 Å². The molecule has 31 heavy (non-hydrogen) atoms. The fraction of sp³-hybridized carbons (Fsp3) is 0.476. The Labute approximate surface area is 201 Å². The van der Waals surface area contributed by atoms with Gasteiger partial charge in [-0.25, -0.2) is 18.6 Å². The Morgan fingerprint density at radius 2 is 2.03 bits per heavy atom. The highest BCUT2D eigenvalue weighted by Crippen LogP contribution is 2.43. The number of aromatic nitrogens is 1. The number of carbonyl (C=O) groups is 1. The molecule has 2 N–H and O–H groups in total. The topological polar surface area (TPSA) is 75.6 Å². The van der Waals surface area contributed by atoms with Crippen LogP contribution in [0, 0.1) is 18.6 Å². The molecule has 10 heteroatoms. The maximum Gasteiger partial charge on any atom is 0.350 e. The molecule has 0 aliphatic heterocycles. The van der Waals surface area contributed by atoms with Crippen LogP contribution in [0.4, 0.5) is 8.78 Å². The van der Waals surface area contributed by atoms with Gasteiger partial charge in [-0.1, -0.05) is 6.07 Å². The van der Waals surface area contributed by atoms with Crippen molar-refractivity contribution < 1.29 is 18.3 Å². The Morgan fingerprint density at radius 1 is 1.35 bits per heavy atom. The third-order valence-electron chi connectivity index (χ3n) is 4.80. The lowest BCUT2D eigenvalue weighted by Crippen LogP contribution is -2.40.